The summed E-state index contributed by atoms with van der Waals surface area (Å²) < 4.78 is 5.21. The van der Waals surface area contributed by atoms with Gasteiger partial charge in [0, 0.05) is 37.8 Å². The molecule has 26 heavy (non-hydrogen) atoms. The van der Waals surface area contributed by atoms with Gasteiger partial charge in [-0.2, -0.15) is 0 Å². The Bertz CT molecular complexity index is 751. The number of benzene rings is 1. The van der Waals surface area contributed by atoms with Crippen LogP contribution in [0, 0.1) is 5.92 Å². The highest BCUT2D eigenvalue weighted by atomic mass is 16.5. The van der Waals surface area contributed by atoms with Crippen molar-refractivity contribution in [3.63, 3.8) is 0 Å². The fourth-order valence-corrected chi connectivity index (χ4v) is 3.12. The third-order valence-electron chi connectivity index (χ3n) is 4.89. The van der Waals surface area contributed by atoms with Crippen molar-refractivity contribution in [1.29, 1.82) is 0 Å². The summed E-state index contributed by atoms with van der Waals surface area (Å²) in [5.41, 5.74) is 1.20. The molecule has 0 radical (unpaired) electrons. The second kappa shape index (κ2) is 7.19. The van der Waals surface area contributed by atoms with E-state index in [4.69, 9.17) is 4.74 Å². The molecular formula is C19H23N5O2. The summed E-state index contributed by atoms with van der Waals surface area (Å²) in [6.45, 7) is 3.62. The summed E-state index contributed by atoms with van der Waals surface area (Å²) in [6.07, 6.45) is 1.96. The minimum Gasteiger partial charge on any atom is -0.497 e. The Balaban J connectivity index is 1.32. The van der Waals surface area contributed by atoms with E-state index >= 15 is 0 Å². The Morgan fingerprint density at radius 2 is 1.69 bits per heavy atom. The number of aromatic nitrogens is 2. The first kappa shape index (κ1) is 16.6. The SMILES string of the molecule is COc1ccc(N2CCN(c3ccc(NC(=O)C4CC4)nn3)CC2)cc1. The van der Waals surface area contributed by atoms with Gasteiger partial charge in [0.25, 0.3) is 0 Å². The van der Waals surface area contributed by atoms with Crippen LogP contribution < -0.4 is 19.9 Å². The molecule has 1 aromatic carbocycles. The molecule has 2 fully saturated rings. The smallest absolute Gasteiger partial charge is 0.228 e. The Morgan fingerprint density at radius 3 is 2.27 bits per heavy atom. The van der Waals surface area contributed by atoms with Gasteiger partial charge in [-0.1, -0.05) is 0 Å². The molecule has 7 nitrogen and oxygen atoms in total. The monoisotopic (exact) mass is 353 g/mol. The third kappa shape index (κ3) is 3.71. The summed E-state index contributed by atoms with van der Waals surface area (Å²) in [6, 6.07) is 11.9. The zero-order valence-corrected chi connectivity index (χ0v) is 14.9. The molecule has 1 saturated carbocycles. The van der Waals surface area contributed by atoms with Crippen LogP contribution >= 0.6 is 0 Å². The van der Waals surface area contributed by atoms with Crippen molar-refractivity contribution in [2.45, 2.75) is 12.8 Å². The highest BCUT2D eigenvalue weighted by Crippen LogP contribution is 2.30. The number of hydrogen-bond acceptors (Lipinski definition) is 6. The molecule has 1 saturated heterocycles. The topological polar surface area (TPSA) is 70.6 Å². The largest absolute Gasteiger partial charge is 0.497 e. The second-order valence-electron chi connectivity index (χ2n) is 6.71. The average molecular weight is 353 g/mol. The van der Waals surface area contributed by atoms with E-state index in [1.165, 1.54) is 5.69 Å². The molecule has 1 amide bonds. The number of amides is 1. The van der Waals surface area contributed by atoms with E-state index in [-0.39, 0.29) is 11.8 Å². The van der Waals surface area contributed by atoms with Crippen LogP contribution in [0.2, 0.25) is 0 Å². The normalized spacial score (nSPS) is 17.1. The van der Waals surface area contributed by atoms with Gasteiger partial charge < -0.3 is 19.9 Å². The molecule has 1 N–H and O–H groups in total. The Hall–Kier alpha value is -2.83. The lowest BCUT2D eigenvalue weighted by molar-refractivity contribution is -0.117. The second-order valence-corrected chi connectivity index (χ2v) is 6.71. The van der Waals surface area contributed by atoms with Gasteiger partial charge in [-0.05, 0) is 49.2 Å². The van der Waals surface area contributed by atoms with E-state index in [0.29, 0.717) is 5.82 Å². The highest BCUT2D eigenvalue weighted by molar-refractivity contribution is 5.93. The number of piperazine rings is 1. The number of carbonyl (C=O) groups excluding carboxylic acids is 1. The summed E-state index contributed by atoms with van der Waals surface area (Å²) in [5, 5.41) is 11.3. The molecule has 4 rings (SSSR count). The van der Waals surface area contributed by atoms with Crippen LogP contribution in [0.4, 0.5) is 17.3 Å². The number of hydrogen-bond donors (Lipinski definition) is 1. The average Bonchev–Trinajstić information content (AvgIpc) is 3.54. The van der Waals surface area contributed by atoms with Gasteiger partial charge in [-0.15, -0.1) is 10.2 Å². The third-order valence-corrected chi connectivity index (χ3v) is 4.89. The van der Waals surface area contributed by atoms with E-state index in [1.807, 2.05) is 24.3 Å². The zero-order valence-electron chi connectivity index (χ0n) is 14.9. The maximum Gasteiger partial charge on any atom is 0.228 e. The summed E-state index contributed by atoms with van der Waals surface area (Å²) in [5.74, 6) is 2.48. The quantitative estimate of drug-likeness (QED) is 0.888. The summed E-state index contributed by atoms with van der Waals surface area (Å²) >= 11 is 0. The molecule has 7 heteroatoms. The maximum absolute atomic E-state index is 11.8. The van der Waals surface area contributed by atoms with E-state index in [9.17, 15) is 4.79 Å². The van der Waals surface area contributed by atoms with E-state index in [2.05, 4.69) is 37.4 Å². The molecule has 2 aliphatic rings. The minimum absolute atomic E-state index is 0.0557. The predicted molar refractivity (Wildman–Crippen MR) is 101 cm³/mol. The molecular weight excluding hydrogens is 330 g/mol. The molecule has 0 unspecified atom stereocenters. The van der Waals surface area contributed by atoms with Crippen LogP contribution in [0.1, 0.15) is 12.8 Å². The van der Waals surface area contributed by atoms with Crippen LogP contribution in [-0.2, 0) is 4.79 Å². The number of ether oxygens (including phenoxy) is 1. The zero-order chi connectivity index (χ0) is 17.9. The molecule has 2 heterocycles. The first-order chi connectivity index (χ1) is 12.7. The van der Waals surface area contributed by atoms with E-state index in [0.717, 1.165) is 50.6 Å². The molecule has 1 aromatic heterocycles. The van der Waals surface area contributed by atoms with Gasteiger partial charge in [-0.25, -0.2) is 0 Å². The Morgan fingerprint density at radius 1 is 1.00 bits per heavy atom. The van der Waals surface area contributed by atoms with Gasteiger partial charge in [-0.3, -0.25) is 4.79 Å². The van der Waals surface area contributed by atoms with Crippen LogP contribution in [0.25, 0.3) is 0 Å². The lowest BCUT2D eigenvalue weighted by Gasteiger charge is -2.36. The molecule has 1 aliphatic heterocycles. The van der Waals surface area contributed by atoms with Gasteiger partial charge in [0.1, 0.15) is 5.75 Å². The fourth-order valence-electron chi connectivity index (χ4n) is 3.12. The number of nitrogens with one attached hydrogen (secondary N) is 1. The van der Waals surface area contributed by atoms with Crippen molar-refractivity contribution in [2.75, 3.05) is 48.4 Å². The van der Waals surface area contributed by atoms with Gasteiger partial charge in [0.05, 0.1) is 7.11 Å². The Kier molecular flexibility index (Phi) is 4.60. The van der Waals surface area contributed by atoms with Crippen molar-refractivity contribution in [3.8, 4) is 5.75 Å². The molecule has 2 aromatic rings. The highest BCUT2D eigenvalue weighted by Gasteiger charge is 2.29. The number of methoxy groups -OCH3 is 1. The standard InChI is InChI=1S/C19H23N5O2/c1-26-16-6-4-15(5-7-16)23-10-12-24(13-11-23)18-9-8-17(21-22-18)20-19(25)14-2-3-14/h4-9,14H,2-3,10-13H2,1H3,(H,20,21,25). The van der Waals surface area contributed by atoms with Crippen molar-refractivity contribution in [3.05, 3.63) is 36.4 Å². The van der Waals surface area contributed by atoms with Crippen molar-refractivity contribution >= 4 is 23.2 Å². The molecule has 136 valence electrons. The fraction of sp³-hybridized carbons (Fsp3) is 0.421. The van der Waals surface area contributed by atoms with E-state index < -0.39 is 0 Å². The Labute approximate surface area is 153 Å². The lowest BCUT2D eigenvalue weighted by Crippen LogP contribution is -2.46. The number of anilines is 3. The maximum atomic E-state index is 11.8. The van der Waals surface area contributed by atoms with Crippen LogP contribution in [-0.4, -0.2) is 49.4 Å². The van der Waals surface area contributed by atoms with Crippen molar-refractivity contribution in [2.24, 2.45) is 5.92 Å². The van der Waals surface area contributed by atoms with Gasteiger partial charge >= 0.3 is 0 Å². The van der Waals surface area contributed by atoms with Crippen LogP contribution in [0.15, 0.2) is 36.4 Å². The molecule has 0 atom stereocenters. The molecule has 0 bridgehead atoms. The van der Waals surface area contributed by atoms with E-state index in [1.54, 1.807) is 7.11 Å². The lowest BCUT2D eigenvalue weighted by atomic mass is 10.2. The first-order valence-corrected chi connectivity index (χ1v) is 9.01. The van der Waals surface area contributed by atoms with Gasteiger partial charge in [0.2, 0.25) is 5.91 Å². The number of nitrogens with zero attached hydrogens (tertiary/aromatic N) is 4. The van der Waals surface area contributed by atoms with Crippen LogP contribution in [0.5, 0.6) is 5.75 Å². The first-order valence-electron chi connectivity index (χ1n) is 9.01. The van der Waals surface area contributed by atoms with Gasteiger partial charge in [0.15, 0.2) is 11.6 Å². The molecule has 0 spiro atoms. The van der Waals surface area contributed by atoms with Crippen molar-refractivity contribution in [1.82, 2.24) is 10.2 Å². The summed E-state index contributed by atoms with van der Waals surface area (Å²) in [4.78, 5) is 16.3. The molecule has 1 aliphatic carbocycles. The predicted octanol–water partition coefficient (Wildman–Crippen LogP) is 2.16. The number of rotatable bonds is 5. The van der Waals surface area contributed by atoms with Crippen LogP contribution in [0.3, 0.4) is 0 Å². The summed E-state index contributed by atoms with van der Waals surface area (Å²) in [7, 11) is 1.68. The number of carbonyl (C=O) groups is 1. The minimum atomic E-state index is 0.0557. The van der Waals surface area contributed by atoms with Crippen molar-refractivity contribution < 1.29 is 9.53 Å².